The quantitative estimate of drug-likeness (QED) is 0.198. The molecule has 0 saturated carbocycles. The number of H-pyrrole nitrogens is 1. The molecule has 2 aromatic heterocycles. The standard InChI is InChI=1S/C29H31N7O2/c1-6-7-22(14-26-30-15-19(3)33-26)38-25-11-9-20(12-18(25)2)34-27-23-13-21(8-10-24(23)31-17-32-27)35-28-36-29(4,5)16-37-28/h6-15,17H,16H2,1-5H3,(H,30,33)(H,35,36)(H,31,32,34)/b7-6-,22-14+. The fourth-order valence-corrected chi connectivity index (χ4v) is 4.03. The molecule has 0 unspecified atom stereocenters. The van der Waals surface area contributed by atoms with Crippen LogP contribution < -0.4 is 15.4 Å². The van der Waals surface area contributed by atoms with Crippen LogP contribution in [-0.2, 0) is 4.74 Å². The molecule has 0 spiro atoms. The van der Waals surface area contributed by atoms with Gasteiger partial charge in [0.15, 0.2) is 0 Å². The lowest BCUT2D eigenvalue weighted by molar-refractivity contribution is 0.278. The van der Waals surface area contributed by atoms with Gasteiger partial charge in [-0.25, -0.2) is 19.9 Å². The maximum atomic E-state index is 6.20. The second-order valence-electron chi connectivity index (χ2n) is 9.80. The maximum absolute atomic E-state index is 6.20. The van der Waals surface area contributed by atoms with Crippen LogP contribution in [0.15, 0.2) is 71.8 Å². The van der Waals surface area contributed by atoms with Crippen molar-refractivity contribution in [2.24, 2.45) is 4.99 Å². The number of hydrogen-bond donors (Lipinski definition) is 3. The van der Waals surface area contributed by atoms with E-state index in [1.165, 1.54) is 0 Å². The number of hydrogen-bond acceptors (Lipinski definition) is 8. The molecule has 0 fully saturated rings. The van der Waals surface area contributed by atoms with Crippen molar-refractivity contribution in [1.82, 2.24) is 19.9 Å². The summed E-state index contributed by atoms with van der Waals surface area (Å²) in [6.45, 7) is 10.5. The summed E-state index contributed by atoms with van der Waals surface area (Å²) in [5.74, 6) is 2.88. The first-order valence-electron chi connectivity index (χ1n) is 12.4. The Kier molecular flexibility index (Phi) is 6.83. The summed E-state index contributed by atoms with van der Waals surface area (Å²) in [5, 5.41) is 7.56. The van der Waals surface area contributed by atoms with Gasteiger partial charge in [0.1, 0.15) is 36.1 Å². The van der Waals surface area contributed by atoms with Gasteiger partial charge in [0.05, 0.1) is 11.1 Å². The Labute approximate surface area is 221 Å². The molecule has 0 amide bonds. The van der Waals surface area contributed by atoms with E-state index in [0.717, 1.165) is 45.1 Å². The average Bonchev–Trinajstić information content (AvgIpc) is 3.44. The van der Waals surface area contributed by atoms with Gasteiger partial charge in [-0.15, -0.1) is 0 Å². The third-order valence-electron chi connectivity index (χ3n) is 5.85. The van der Waals surface area contributed by atoms with E-state index in [1.807, 2.05) is 89.2 Å². The zero-order valence-corrected chi connectivity index (χ0v) is 22.2. The number of fused-ring (bicyclic) bond motifs is 1. The molecule has 0 saturated heterocycles. The number of aromatic amines is 1. The van der Waals surface area contributed by atoms with Gasteiger partial charge in [-0.3, -0.25) is 0 Å². The number of amidine groups is 1. The van der Waals surface area contributed by atoms with Gasteiger partial charge < -0.3 is 25.1 Å². The van der Waals surface area contributed by atoms with Crippen LogP contribution in [0.5, 0.6) is 5.75 Å². The van der Waals surface area contributed by atoms with Crippen LogP contribution in [-0.4, -0.2) is 38.1 Å². The first-order chi connectivity index (χ1) is 18.3. The number of rotatable bonds is 7. The number of nitrogens with one attached hydrogen (secondary N) is 3. The van der Waals surface area contributed by atoms with Crippen molar-refractivity contribution in [1.29, 1.82) is 0 Å². The van der Waals surface area contributed by atoms with E-state index in [2.05, 4.69) is 35.6 Å². The van der Waals surface area contributed by atoms with E-state index in [0.29, 0.717) is 24.2 Å². The molecule has 2 aromatic carbocycles. The average molecular weight is 510 g/mol. The normalized spacial score (nSPS) is 15.0. The van der Waals surface area contributed by atoms with E-state index in [4.69, 9.17) is 9.47 Å². The predicted octanol–water partition coefficient (Wildman–Crippen LogP) is 6.29. The van der Waals surface area contributed by atoms with Crippen molar-refractivity contribution < 1.29 is 9.47 Å². The zero-order chi connectivity index (χ0) is 26.7. The summed E-state index contributed by atoms with van der Waals surface area (Å²) in [5.41, 5.74) is 4.30. The number of anilines is 3. The first kappa shape index (κ1) is 25.0. The van der Waals surface area contributed by atoms with Gasteiger partial charge in [0.2, 0.25) is 0 Å². The molecule has 5 rings (SSSR count). The Bertz CT molecular complexity index is 1570. The van der Waals surface area contributed by atoms with E-state index in [1.54, 1.807) is 12.5 Å². The molecule has 0 atom stereocenters. The minimum Gasteiger partial charge on any atom is -0.462 e. The lowest BCUT2D eigenvalue weighted by Crippen LogP contribution is -2.17. The van der Waals surface area contributed by atoms with E-state index in [-0.39, 0.29) is 5.54 Å². The molecule has 1 aliphatic rings. The number of benzene rings is 2. The van der Waals surface area contributed by atoms with Crippen LogP contribution in [0.25, 0.3) is 17.0 Å². The second-order valence-corrected chi connectivity index (χ2v) is 9.80. The molecule has 0 aliphatic carbocycles. The Balaban J connectivity index is 1.36. The summed E-state index contributed by atoms with van der Waals surface area (Å²) in [6.07, 6.45) is 9.06. The summed E-state index contributed by atoms with van der Waals surface area (Å²) in [4.78, 5) is 21.0. The molecular formula is C29H31N7O2. The summed E-state index contributed by atoms with van der Waals surface area (Å²) >= 11 is 0. The molecule has 4 aromatic rings. The number of imidazole rings is 1. The molecule has 9 nitrogen and oxygen atoms in total. The molecule has 3 N–H and O–H groups in total. The highest BCUT2D eigenvalue weighted by atomic mass is 16.5. The molecule has 1 aliphatic heterocycles. The Morgan fingerprint density at radius 3 is 2.58 bits per heavy atom. The Hall–Kier alpha value is -4.66. The molecule has 0 bridgehead atoms. The first-order valence-corrected chi connectivity index (χ1v) is 12.4. The van der Waals surface area contributed by atoms with Crippen molar-refractivity contribution >= 4 is 40.2 Å². The van der Waals surface area contributed by atoms with Crippen LogP contribution in [0.4, 0.5) is 17.2 Å². The van der Waals surface area contributed by atoms with Crippen LogP contribution >= 0.6 is 0 Å². The van der Waals surface area contributed by atoms with Gasteiger partial charge in [0.25, 0.3) is 6.02 Å². The number of nitrogens with zero attached hydrogens (tertiary/aromatic N) is 4. The highest BCUT2D eigenvalue weighted by molar-refractivity contribution is 5.97. The van der Waals surface area contributed by atoms with E-state index < -0.39 is 0 Å². The van der Waals surface area contributed by atoms with Crippen molar-refractivity contribution in [3.63, 3.8) is 0 Å². The molecule has 0 radical (unpaired) electrons. The summed E-state index contributed by atoms with van der Waals surface area (Å²) in [7, 11) is 0. The highest BCUT2D eigenvalue weighted by Gasteiger charge is 2.26. The molecule has 9 heteroatoms. The van der Waals surface area contributed by atoms with Crippen LogP contribution in [0.1, 0.15) is 37.9 Å². The molecule has 38 heavy (non-hydrogen) atoms. The monoisotopic (exact) mass is 509 g/mol. The van der Waals surface area contributed by atoms with Gasteiger partial charge in [-0.2, -0.15) is 0 Å². The third kappa shape index (κ3) is 5.83. The minimum absolute atomic E-state index is 0.232. The Morgan fingerprint density at radius 1 is 1.05 bits per heavy atom. The number of aromatic nitrogens is 4. The van der Waals surface area contributed by atoms with Crippen LogP contribution in [0.3, 0.4) is 0 Å². The topological polar surface area (TPSA) is 109 Å². The highest BCUT2D eigenvalue weighted by Crippen LogP contribution is 2.30. The fourth-order valence-electron chi connectivity index (χ4n) is 4.03. The van der Waals surface area contributed by atoms with E-state index >= 15 is 0 Å². The van der Waals surface area contributed by atoms with Gasteiger partial charge in [0, 0.05) is 34.7 Å². The summed E-state index contributed by atoms with van der Waals surface area (Å²) in [6, 6.07) is 12.3. The number of allylic oxidation sites excluding steroid dienone is 2. The van der Waals surface area contributed by atoms with Crippen molar-refractivity contribution in [2.45, 2.75) is 40.2 Å². The number of ether oxygens (including phenoxy) is 2. The lowest BCUT2D eigenvalue weighted by Gasteiger charge is -2.13. The van der Waals surface area contributed by atoms with Crippen molar-refractivity contribution in [3.8, 4) is 5.75 Å². The lowest BCUT2D eigenvalue weighted by atomic mass is 10.1. The number of aryl methyl sites for hydroxylation is 2. The molecule has 3 heterocycles. The maximum Gasteiger partial charge on any atom is 0.289 e. The fraction of sp³-hybridized carbons (Fsp3) is 0.241. The third-order valence-corrected chi connectivity index (χ3v) is 5.85. The largest absolute Gasteiger partial charge is 0.462 e. The SMILES string of the molecule is C/C=C\C(=C/c1ncc(C)[nH]1)Oc1ccc(Nc2ncnc3ccc(NC4=NC(C)(C)CO4)cc23)cc1C. The molecule has 194 valence electrons. The predicted molar refractivity (Wildman–Crippen MR) is 152 cm³/mol. The second kappa shape index (κ2) is 10.4. The summed E-state index contributed by atoms with van der Waals surface area (Å²) < 4.78 is 11.9. The smallest absolute Gasteiger partial charge is 0.289 e. The van der Waals surface area contributed by atoms with Crippen LogP contribution in [0, 0.1) is 13.8 Å². The zero-order valence-electron chi connectivity index (χ0n) is 22.2. The van der Waals surface area contributed by atoms with E-state index in [9.17, 15) is 0 Å². The van der Waals surface area contributed by atoms with Gasteiger partial charge in [-0.1, -0.05) is 6.08 Å². The van der Waals surface area contributed by atoms with Crippen molar-refractivity contribution in [3.05, 3.63) is 83.9 Å². The van der Waals surface area contributed by atoms with Gasteiger partial charge >= 0.3 is 0 Å². The van der Waals surface area contributed by atoms with Crippen LogP contribution in [0.2, 0.25) is 0 Å². The number of aliphatic imine (C=N–C) groups is 1. The van der Waals surface area contributed by atoms with Gasteiger partial charge in [-0.05, 0) is 82.7 Å². The van der Waals surface area contributed by atoms with Crippen molar-refractivity contribution in [2.75, 3.05) is 17.2 Å². The minimum atomic E-state index is -0.232. The Morgan fingerprint density at radius 2 is 1.87 bits per heavy atom. The molecular weight excluding hydrogens is 478 g/mol.